The fourth-order valence-electron chi connectivity index (χ4n) is 7.08. The van der Waals surface area contributed by atoms with Gasteiger partial charge < -0.3 is 14.2 Å². The zero-order valence-corrected chi connectivity index (χ0v) is 28.5. The number of benzene rings is 4. The molecule has 0 radical (unpaired) electrons. The van der Waals surface area contributed by atoms with Crippen molar-refractivity contribution in [2.24, 2.45) is 0 Å². The molecule has 4 heteroatoms. The zero-order chi connectivity index (χ0) is 32.1. The Morgan fingerprint density at radius 2 is 1.04 bits per heavy atom. The van der Waals surface area contributed by atoms with Gasteiger partial charge in [-0.05, 0) is 93.2 Å². The molecule has 0 unspecified atom stereocenters. The Morgan fingerprint density at radius 3 is 1.58 bits per heavy atom. The van der Waals surface area contributed by atoms with Gasteiger partial charge in [0, 0.05) is 34.0 Å². The van der Waals surface area contributed by atoms with Gasteiger partial charge in [-0.1, -0.05) is 105 Å². The minimum absolute atomic E-state index is 0.00704. The van der Waals surface area contributed by atoms with Crippen LogP contribution in [-0.2, 0) is 16.2 Å². The second-order valence-electron chi connectivity index (χ2n) is 16.1. The second-order valence-corrected chi connectivity index (χ2v) is 16.1. The Hall–Kier alpha value is -4.18. The standard InChI is InChI=1S/C41H45BN2O/c1-26-25-45-38-37(26)44(31-21-16-28(17-22-31)40(5,6)7)35-13-11-12-34-36(35)42(38)32-24-29(41(8,9)10)18-23-33(32)43(34)30-19-14-27(15-20-30)39(2,3)4/h11-25H,1-10H3. The Kier molecular flexibility index (Phi) is 6.50. The number of rotatable bonds is 2. The van der Waals surface area contributed by atoms with Gasteiger partial charge in [0.15, 0.2) is 0 Å². The van der Waals surface area contributed by atoms with Crippen molar-refractivity contribution >= 4 is 57.4 Å². The summed E-state index contributed by atoms with van der Waals surface area (Å²) in [5, 5.41) is 0. The van der Waals surface area contributed by atoms with Gasteiger partial charge in [-0.3, -0.25) is 0 Å². The van der Waals surface area contributed by atoms with Crippen LogP contribution in [0.5, 0.6) is 0 Å². The summed E-state index contributed by atoms with van der Waals surface area (Å²) in [6.07, 6.45) is 1.94. The van der Waals surface area contributed by atoms with Crippen LogP contribution < -0.4 is 26.4 Å². The lowest BCUT2D eigenvalue weighted by atomic mass is 9.35. The molecule has 7 rings (SSSR count). The van der Waals surface area contributed by atoms with Gasteiger partial charge in [0.05, 0.1) is 17.6 Å². The van der Waals surface area contributed by atoms with Crippen molar-refractivity contribution in [3.63, 3.8) is 0 Å². The number of furan rings is 1. The van der Waals surface area contributed by atoms with E-state index in [0.29, 0.717) is 0 Å². The maximum absolute atomic E-state index is 6.58. The lowest BCUT2D eigenvalue weighted by Crippen LogP contribution is -2.61. The van der Waals surface area contributed by atoms with Crippen molar-refractivity contribution in [2.45, 2.75) is 85.5 Å². The van der Waals surface area contributed by atoms with E-state index in [1.54, 1.807) is 0 Å². The highest BCUT2D eigenvalue weighted by atomic mass is 16.3. The summed E-state index contributed by atoms with van der Waals surface area (Å²) in [5.41, 5.74) is 16.0. The molecule has 0 atom stereocenters. The molecule has 0 bridgehead atoms. The lowest BCUT2D eigenvalue weighted by Gasteiger charge is -2.43. The van der Waals surface area contributed by atoms with Crippen LogP contribution in [0.4, 0.5) is 34.1 Å². The van der Waals surface area contributed by atoms with Crippen molar-refractivity contribution in [2.75, 3.05) is 9.80 Å². The summed E-state index contributed by atoms with van der Waals surface area (Å²) < 4.78 is 6.58. The SMILES string of the molecule is Cc1coc2c1N(c1ccc(C(C)(C)C)cc1)c1cccc3c1B2c1cc(C(C)(C)C)ccc1N3c1ccc(C(C)(C)C)cc1. The molecular formula is C41H45BN2O. The van der Waals surface area contributed by atoms with Crippen molar-refractivity contribution in [1.82, 2.24) is 0 Å². The number of hydrogen-bond donors (Lipinski definition) is 0. The maximum Gasteiger partial charge on any atom is 0.297 e. The summed E-state index contributed by atoms with van der Waals surface area (Å²) in [6, 6.07) is 32.1. The molecule has 0 spiro atoms. The molecule has 0 saturated carbocycles. The number of fused-ring (bicyclic) bond motifs is 4. The first-order chi connectivity index (χ1) is 21.1. The topological polar surface area (TPSA) is 19.6 Å². The van der Waals surface area contributed by atoms with Crippen LogP contribution in [0, 0.1) is 6.92 Å². The van der Waals surface area contributed by atoms with E-state index in [9.17, 15) is 0 Å². The first kappa shape index (κ1) is 29.5. The van der Waals surface area contributed by atoms with Crippen LogP contribution in [-0.4, -0.2) is 6.71 Å². The molecule has 1 aromatic heterocycles. The minimum Gasteiger partial charge on any atom is -0.476 e. The van der Waals surface area contributed by atoms with E-state index in [4.69, 9.17) is 4.42 Å². The van der Waals surface area contributed by atoms with E-state index in [-0.39, 0.29) is 23.0 Å². The molecule has 2 aliphatic rings. The van der Waals surface area contributed by atoms with Crippen LogP contribution in [0.25, 0.3) is 0 Å². The highest BCUT2D eigenvalue weighted by Crippen LogP contribution is 2.45. The summed E-state index contributed by atoms with van der Waals surface area (Å²) in [5.74, 6) is 0. The fourth-order valence-corrected chi connectivity index (χ4v) is 7.08. The summed E-state index contributed by atoms with van der Waals surface area (Å²) in [7, 11) is 0. The van der Waals surface area contributed by atoms with E-state index in [0.717, 1.165) is 22.6 Å². The molecule has 0 aliphatic carbocycles. The average molecular weight is 593 g/mol. The van der Waals surface area contributed by atoms with Crippen molar-refractivity contribution in [3.05, 3.63) is 113 Å². The molecule has 3 nitrogen and oxygen atoms in total. The molecule has 4 aromatic carbocycles. The second kappa shape index (κ2) is 9.91. The van der Waals surface area contributed by atoms with Gasteiger partial charge in [0.25, 0.3) is 6.71 Å². The number of anilines is 6. The van der Waals surface area contributed by atoms with Gasteiger partial charge in [0.2, 0.25) is 0 Å². The number of nitrogens with zero attached hydrogens (tertiary/aromatic N) is 2. The predicted octanol–water partition coefficient (Wildman–Crippen LogP) is 9.56. The molecule has 0 N–H and O–H groups in total. The lowest BCUT2D eigenvalue weighted by molar-refractivity contribution is 0.590. The minimum atomic E-state index is -0.00704. The Labute approximate surface area is 270 Å². The normalized spacial score (nSPS) is 14.3. The third-order valence-electron chi connectivity index (χ3n) is 9.71. The molecule has 2 aliphatic heterocycles. The Morgan fingerprint density at radius 1 is 0.556 bits per heavy atom. The third kappa shape index (κ3) is 4.72. The smallest absolute Gasteiger partial charge is 0.297 e. The van der Waals surface area contributed by atoms with Crippen LogP contribution in [0.3, 0.4) is 0 Å². The average Bonchev–Trinajstić information content (AvgIpc) is 3.36. The monoisotopic (exact) mass is 592 g/mol. The molecule has 0 amide bonds. The van der Waals surface area contributed by atoms with Crippen LogP contribution >= 0.6 is 0 Å². The fraction of sp³-hybridized carbons (Fsp3) is 0.317. The van der Waals surface area contributed by atoms with Gasteiger partial charge in [0.1, 0.15) is 0 Å². The van der Waals surface area contributed by atoms with Crippen molar-refractivity contribution < 1.29 is 4.42 Å². The molecule has 45 heavy (non-hydrogen) atoms. The van der Waals surface area contributed by atoms with Crippen LogP contribution in [0.1, 0.15) is 84.6 Å². The molecule has 0 fully saturated rings. The zero-order valence-electron chi connectivity index (χ0n) is 28.5. The summed E-state index contributed by atoms with van der Waals surface area (Å²) in [4.78, 5) is 4.89. The molecule has 228 valence electrons. The number of aryl methyl sites for hydroxylation is 1. The van der Waals surface area contributed by atoms with Gasteiger partial charge in [-0.15, -0.1) is 0 Å². The van der Waals surface area contributed by atoms with Crippen molar-refractivity contribution in [1.29, 1.82) is 0 Å². The Balaban J connectivity index is 1.50. The third-order valence-corrected chi connectivity index (χ3v) is 9.71. The predicted molar refractivity (Wildman–Crippen MR) is 194 cm³/mol. The van der Waals surface area contributed by atoms with Crippen LogP contribution in [0.2, 0.25) is 0 Å². The van der Waals surface area contributed by atoms with E-state index >= 15 is 0 Å². The van der Waals surface area contributed by atoms with Crippen LogP contribution in [0.15, 0.2) is 95.6 Å². The molecule has 5 aromatic rings. The van der Waals surface area contributed by atoms with E-state index in [1.165, 1.54) is 50.4 Å². The highest BCUT2D eigenvalue weighted by molar-refractivity contribution is 6.99. The van der Waals surface area contributed by atoms with Gasteiger partial charge in [-0.25, -0.2) is 0 Å². The van der Waals surface area contributed by atoms with Gasteiger partial charge in [-0.2, -0.15) is 0 Å². The quantitative estimate of drug-likeness (QED) is 0.187. The molecule has 3 heterocycles. The van der Waals surface area contributed by atoms with Gasteiger partial charge >= 0.3 is 0 Å². The molecule has 0 saturated heterocycles. The van der Waals surface area contributed by atoms with E-state index < -0.39 is 0 Å². The summed E-state index contributed by atoms with van der Waals surface area (Å²) >= 11 is 0. The first-order valence-corrected chi connectivity index (χ1v) is 16.3. The largest absolute Gasteiger partial charge is 0.476 e. The maximum atomic E-state index is 6.58. The van der Waals surface area contributed by atoms with E-state index in [1.807, 2.05) is 6.26 Å². The summed E-state index contributed by atoms with van der Waals surface area (Å²) in [6.45, 7) is 22.7. The van der Waals surface area contributed by atoms with Crippen molar-refractivity contribution in [3.8, 4) is 0 Å². The molecular weight excluding hydrogens is 547 g/mol. The Bertz CT molecular complexity index is 1910. The number of hydrogen-bond acceptors (Lipinski definition) is 3. The van der Waals surface area contributed by atoms with E-state index in [2.05, 4.69) is 164 Å². The highest BCUT2D eigenvalue weighted by Gasteiger charge is 2.46. The first-order valence-electron chi connectivity index (χ1n) is 16.3.